The van der Waals surface area contributed by atoms with Crippen LogP contribution >= 0.6 is 11.6 Å². The van der Waals surface area contributed by atoms with Gasteiger partial charge in [0.2, 0.25) is 5.91 Å². The van der Waals surface area contributed by atoms with Crippen molar-refractivity contribution in [3.63, 3.8) is 0 Å². The molecule has 2 rings (SSSR count). The van der Waals surface area contributed by atoms with Crippen LogP contribution in [0.1, 0.15) is 5.56 Å². The first-order chi connectivity index (χ1) is 7.06. The molecule has 1 aliphatic rings. The van der Waals surface area contributed by atoms with Gasteiger partial charge in [0, 0.05) is 0 Å². The molecule has 0 spiro atoms. The maximum absolute atomic E-state index is 12.9. The number of rotatable bonds is 2. The maximum Gasteiger partial charge on any atom is 0.232 e. The molecule has 3 nitrogen and oxygen atoms in total. The summed E-state index contributed by atoms with van der Waals surface area (Å²) in [6.07, 6.45) is 0. The number of ether oxygens (including phenoxy) is 1. The number of carbonyl (C=O) groups excluding carboxylic acids is 1. The number of nitrogens with two attached hydrogens (primary N) is 1. The molecule has 1 aliphatic heterocycles. The summed E-state index contributed by atoms with van der Waals surface area (Å²) < 4.78 is 17.9. The second-order valence-electron chi connectivity index (χ2n) is 3.57. The largest absolute Gasteiger partial charge is 0.378 e. The standard InChI is InChI=1S/C10H9ClFNO2/c11-7-3-6(1-2-8(7)12)10(9(13)14)4-15-5-10/h1-3H,4-5H2,(H2,13,14). The van der Waals surface area contributed by atoms with Crippen LogP contribution in [0.4, 0.5) is 4.39 Å². The van der Waals surface area contributed by atoms with E-state index in [2.05, 4.69) is 0 Å². The molecule has 1 aromatic carbocycles. The molecule has 1 heterocycles. The Morgan fingerprint density at radius 2 is 2.20 bits per heavy atom. The van der Waals surface area contributed by atoms with Crippen molar-refractivity contribution in [2.45, 2.75) is 5.41 Å². The number of carbonyl (C=O) groups is 1. The Labute approximate surface area is 91.0 Å². The lowest BCUT2D eigenvalue weighted by Crippen LogP contribution is -2.56. The van der Waals surface area contributed by atoms with E-state index in [1.807, 2.05) is 0 Å². The minimum atomic E-state index is -0.836. The molecular formula is C10H9ClFNO2. The molecule has 0 radical (unpaired) electrons. The van der Waals surface area contributed by atoms with E-state index in [1.54, 1.807) is 0 Å². The van der Waals surface area contributed by atoms with Crippen molar-refractivity contribution in [1.29, 1.82) is 0 Å². The summed E-state index contributed by atoms with van der Waals surface area (Å²) in [6.45, 7) is 0.453. The highest BCUT2D eigenvalue weighted by Crippen LogP contribution is 2.33. The SMILES string of the molecule is NC(=O)C1(c2ccc(F)c(Cl)c2)COC1. The number of hydrogen-bond acceptors (Lipinski definition) is 2. The van der Waals surface area contributed by atoms with Crippen molar-refractivity contribution in [2.75, 3.05) is 13.2 Å². The molecule has 15 heavy (non-hydrogen) atoms. The summed E-state index contributed by atoms with van der Waals surface area (Å²) in [4.78, 5) is 11.3. The number of benzene rings is 1. The van der Waals surface area contributed by atoms with Crippen LogP contribution in [-0.4, -0.2) is 19.1 Å². The molecular weight excluding hydrogens is 221 g/mol. The zero-order valence-corrected chi connectivity index (χ0v) is 8.55. The van der Waals surface area contributed by atoms with Gasteiger partial charge in [0.15, 0.2) is 0 Å². The molecule has 1 amide bonds. The molecule has 0 unspecified atom stereocenters. The van der Waals surface area contributed by atoms with E-state index < -0.39 is 17.1 Å². The van der Waals surface area contributed by atoms with Gasteiger partial charge in [-0.3, -0.25) is 4.79 Å². The first kappa shape index (κ1) is 10.4. The van der Waals surface area contributed by atoms with Crippen LogP contribution < -0.4 is 5.73 Å². The van der Waals surface area contributed by atoms with Gasteiger partial charge in [0.25, 0.3) is 0 Å². The van der Waals surface area contributed by atoms with E-state index in [0.717, 1.165) is 0 Å². The summed E-state index contributed by atoms with van der Waals surface area (Å²) in [5.74, 6) is -0.989. The lowest BCUT2D eigenvalue weighted by molar-refractivity contribution is -0.141. The molecule has 1 saturated heterocycles. The van der Waals surface area contributed by atoms with Crippen molar-refractivity contribution in [3.8, 4) is 0 Å². The Balaban J connectivity index is 2.44. The van der Waals surface area contributed by atoms with E-state index in [1.165, 1.54) is 18.2 Å². The van der Waals surface area contributed by atoms with E-state index in [9.17, 15) is 9.18 Å². The van der Waals surface area contributed by atoms with Gasteiger partial charge in [0.05, 0.1) is 18.2 Å². The third kappa shape index (κ3) is 1.50. The fourth-order valence-corrected chi connectivity index (χ4v) is 1.73. The van der Waals surface area contributed by atoms with Crippen LogP contribution in [0.15, 0.2) is 18.2 Å². The molecule has 0 aliphatic carbocycles. The fraction of sp³-hybridized carbons (Fsp3) is 0.300. The van der Waals surface area contributed by atoms with Crippen LogP contribution in [-0.2, 0) is 14.9 Å². The van der Waals surface area contributed by atoms with Crippen LogP contribution in [0.3, 0.4) is 0 Å². The zero-order valence-electron chi connectivity index (χ0n) is 7.80. The second-order valence-corrected chi connectivity index (χ2v) is 3.98. The van der Waals surface area contributed by atoms with E-state index in [0.29, 0.717) is 5.56 Å². The molecule has 0 saturated carbocycles. The minimum Gasteiger partial charge on any atom is -0.378 e. The van der Waals surface area contributed by atoms with E-state index in [-0.39, 0.29) is 18.2 Å². The highest BCUT2D eigenvalue weighted by molar-refractivity contribution is 6.30. The van der Waals surface area contributed by atoms with Crippen molar-refractivity contribution in [2.24, 2.45) is 5.73 Å². The first-order valence-electron chi connectivity index (χ1n) is 4.39. The summed E-state index contributed by atoms with van der Waals surface area (Å²) >= 11 is 5.64. The highest BCUT2D eigenvalue weighted by atomic mass is 35.5. The van der Waals surface area contributed by atoms with E-state index in [4.69, 9.17) is 22.1 Å². The average molecular weight is 230 g/mol. The average Bonchev–Trinajstić information content (AvgIpc) is 2.08. The Hall–Kier alpha value is -1.13. The van der Waals surface area contributed by atoms with E-state index >= 15 is 0 Å². The third-order valence-corrected chi connectivity index (χ3v) is 2.93. The lowest BCUT2D eigenvalue weighted by atomic mass is 9.78. The van der Waals surface area contributed by atoms with Crippen LogP contribution in [0.25, 0.3) is 0 Å². The lowest BCUT2D eigenvalue weighted by Gasteiger charge is -2.38. The summed E-state index contributed by atoms with van der Waals surface area (Å²) in [7, 11) is 0. The Morgan fingerprint density at radius 1 is 1.53 bits per heavy atom. The van der Waals surface area contributed by atoms with Gasteiger partial charge in [-0.2, -0.15) is 0 Å². The summed E-state index contributed by atoms with van der Waals surface area (Å²) in [5, 5.41) is -0.0139. The highest BCUT2D eigenvalue weighted by Gasteiger charge is 2.46. The number of halogens is 2. The molecule has 1 fully saturated rings. The first-order valence-corrected chi connectivity index (χ1v) is 4.77. The monoisotopic (exact) mass is 229 g/mol. The molecule has 0 aromatic heterocycles. The molecule has 0 bridgehead atoms. The molecule has 2 N–H and O–H groups in total. The number of primary amides is 1. The molecule has 1 aromatic rings. The smallest absolute Gasteiger partial charge is 0.232 e. The molecule has 5 heteroatoms. The second kappa shape index (κ2) is 3.47. The number of hydrogen-bond donors (Lipinski definition) is 1. The van der Waals surface area contributed by atoms with Crippen LogP contribution in [0.2, 0.25) is 5.02 Å². The van der Waals surface area contributed by atoms with Gasteiger partial charge >= 0.3 is 0 Å². The molecule has 80 valence electrons. The Bertz CT molecular complexity index is 418. The summed E-state index contributed by atoms with van der Waals surface area (Å²) in [5.41, 5.74) is 5.07. The summed E-state index contributed by atoms with van der Waals surface area (Å²) in [6, 6.07) is 4.15. The Kier molecular flexibility index (Phi) is 2.40. The Morgan fingerprint density at radius 3 is 2.60 bits per heavy atom. The minimum absolute atomic E-state index is 0.0139. The van der Waals surface area contributed by atoms with Crippen molar-refractivity contribution in [3.05, 3.63) is 34.6 Å². The predicted molar refractivity (Wildman–Crippen MR) is 53.1 cm³/mol. The quantitative estimate of drug-likeness (QED) is 0.830. The van der Waals surface area contributed by atoms with Gasteiger partial charge in [-0.1, -0.05) is 17.7 Å². The molecule has 0 atom stereocenters. The van der Waals surface area contributed by atoms with Crippen LogP contribution in [0.5, 0.6) is 0 Å². The normalized spacial score (nSPS) is 18.3. The van der Waals surface area contributed by atoms with Crippen molar-refractivity contribution < 1.29 is 13.9 Å². The van der Waals surface area contributed by atoms with Crippen molar-refractivity contribution >= 4 is 17.5 Å². The number of amides is 1. The van der Waals surface area contributed by atoms with Gasteiger partial charge in [-0.05, 0) is 17.7 Å². The zero-order chi connectivity index (χ0) is 11.1. The predicted octanol–water partition coefficient (Wildman–Crippen LogP) is 1.23. The third-order valence-electron chi connectivity index (χ3n) is 2.64. The van der Waals surface area contributed by atoms with Crippen molar-refractivity contribution in [1.82, 2.24) is 0 Å². The van der Waals surface area contributed by atoms with Gasteiger partial charge in [0.1, 0.15) is 11.2 Å². The maximum atomic E-state index is 12.9. The van der Waals surface area contributed by atoms with Gasteiger partial charge in [-0.15, -0.1) is 0 Å². The topological polar surface area (TPSA) is 52.3 Å². The fourth-order valence-electron chi connectivity index (χ4n) is 1.55. The van der Waals surface area contributed by atoms with Crippen LogP contribution in [0, 0.1) is 5.82 Å². The van der Waals surface area contributed by atoms with Gasteiger partial charge < -0.3 is 10.5 Å². The van der Waals surface area contributed by atoms with Gasteiger partial charge in [-0.25, -0.2) is 4.39 Å².